The number of nitrogens with one attached hydrogen (secondary N) is 1. The first-order valence-electron chi connectivity index (χ1n) is 9.15. The third kappa shape index (κ3) is 7.31. The Balaban J connectivity index is 1.81. The van der Waals surface area contributed by atoms with Crippen molar-refractivity contribution in [2.75, 3.05) is 20.2 Å². The van der Waals surface area contributed by atoms with Crippen molar-refractivity contribution < 1.29 is 19.1 Å². The van der Waals surface area contributed by atoms with Crippen LogP contribution in [0, 0.1) is 6.92 Å². The van der Waals surface area contributed by atoms with Gasteiger partial charge in [0.15, 0.2) is 6.61 Å². The topological polar surface area (TPSA) is 67.9 Å². The third-order valence-corrected chi connectivity index (χ3v) is 3.76. The molecule has 2 amide bonds. The lowest BCUT2D eigenvalue weighted by atomic mass is 10.1. The zero-order valence-electron chi connectivity index (χ0n) is 17.1. The first-order valence-corrected chi connectivity index (χ1v) is 9.15. The molecule has 0 spiro atoms. The zero-order chi connectivity index (χ0) is 20.7. The highest BCUT2D eigenvalue weighted by molar-refractivity contribution is 5.85. The molecule has 6 heteroatoms. The van der Waals surface area contributed by atoms with Gasteiger partial charge in [-0.3, -0.25) is 9.59 Å². The van der Waals surface area contributed by atoms with Gasteiger partial charge in [0.1, 0.15) is 17.2 Å². The summed E-state index contributed by atoms with van der Waals surface area (Å²) in [5.74, 6) is 1.50. The van der Waals surface area contributed by atoms with E-state index >= 15 is 0 Å². The summed E-state index contributed by atoms with van der Waals surface area (Å²) in [5.41, 5.74) is 0.835. The van der Waals surface area contributed by atoms with E-state index in [-0.39, 0.29) is 30.5 Å². The van der Waals surface area contributed by atoms with Crippen LogP contribution in [-0.2, 0) is 9.59 Å². The molecule has 0 saturated heterocycles. The lowest BCUT2D eigenvalue weighted by Gasteiger charge is -2.23. The van der Waals surface area contributed by atoms with Crippen molar-refractivity contribution in [3.8, 4) is 17.2 Å². The molecule has 0 aliphatic rings. The Morgan fingerprint density at radius 2 is 1.43 bits per heavy atom. The highest BCUT2D eigenvalue weighted by atomic mass is 16.5. The fraction of sp³-hybridized carbons (Fsp3) is 0.364. The number of amides is 2. The Labute approximate surface area is 166 Å². The van der Waals surface area contributed by atoms with Gasteiger partial charge in [-0.2, -0.15) is 0 Å². The van der Waals surface area contributed by atoms with E-state index in [1.54, 1.807) is 31.3 Å². The van der Waals surface area contributed by atoms with Gasteiger partial charge < -0.3 is 19.7 Å². The summed E-state index contributed by atoms with van der Waals surface area (Å²) < 4.78 is 11.3. The molecule has 0 fully saturated rings. The summed E-state index contributed by atoms with van der Waals surface area (Å²) in [6, 6.07) is 14.8. The maximum Gasteiger partial charge on any atom is 0.260 e. The third-order valence-electron chi connectivity index (χ3n) is 3.76. The lowest BCUT2D eigenvalue weighted by molar-refractivity contribution is -0.136. The van der Waals surface area contributed by atoms with E-state index < -0.39 is 0 Å². The van der Waals surface area contributed by atoms with Crippen LogP contribution in [0.15, 0.2) is 48.5 Å². The molecule has 2 aromatic rings. The number of carbonyl (C=O) groups excluding carboxylic acids is 2. The monoisotopic (exact) mass is 384 g/mol. The van der Waals surface area contributed by atoms with Gasteiger partial charge in [-0.1, -0.05) is 17.7 Å². The fourth-order valence-electron chi connectivity index (χ4n) is 2.36. The Hall–Kier alpha value is -3.02. The molecule has 0 aromatic heterocycles. The summed E-state index contributed by atoms with van der Waals surface area (Å²) in [6.07, 6.45) is 0. The first kappa shape index (κ1) is 21.3. The van der Waals surface area contributed by atoms with Crippen LogP contribution in [-0.4, -0.2) is 42.5 Å². The Bertz CT molecular complexity index is 793. The number of ether oxygens (including phenoxy) is 2. The summed E-state index contributed by atoms with van der Waals surface area (Å²) >= 11 is 0. The maximum absolute atomic E-state index is 12.1. The normalized spacial score (nSPS) is 10.9. The minimum atomic E-state index is -0.333. The second kappa shape index (κ2) is 9.26. The number of carbonyl (C=O) groups is 2. The molecule has 6 nitrogen and oxygen atoms in total. The van der Waals surface area contributed by atoms with E-state index in [1.165, 1.54) is 10.5 Å². The molecule has 0 aliphatic carbocycles. The molecule has 0 heterocycles. The minimum absolute atomic E-state index is 0.0111. The van der Waals surface area contributed by atoms with E-state index in [1.807, 2.05) is 52.0 Å². The number of rotatable bonds is 7. The van der Waals surface area contributed by atoms with Gasteiger partial charge in [0.25, 0.3) is 5.91 Å². The Morgan fingerprint density at radius 1 is 0.929 bits per heavy atom. The van der Waals surface area contributed by atoms with E-state index in [0.29, 0.717) is 11.5 Å². The predicted molar refractivity (Wildman–Crippen MR) is 109 cm³/mol. The molecule has 0 radical (unpaired) electrons. The van der Waals surface area contributed by atoms with Crippen molar-refractivity contribution in [1.29, 1.82) is 0 Å². The molecule has 0 atom stereocenters. The molecule has 2 rings (SSSR count). The van der Waals surface area contributed by atoms with E-state index in [9.17, 15) is 9.59 Å². The van der Waals surface area contributed by atoms with Gasteiger partial charge in [-0.15, -0.1) is 0 Å². The van der Waals surface area contributed by atoms with Crippen molar-refractivity contribution >= 4 is 11.8 Å². The largest absolute Gasteiger partial charge is 0.484 e. The standard InChI is InChI=1S/C22H28N2O4/c1-16-6-8-18(9-7-16)28-19-12-10-17(11-13-19)27-15-21(26)24(5)14-20(25)23-22(2,3)4/h6-13H,14-15H2,1-5H3,(H,23,25). The molecule has 0 saturated carbocycles. The van der Waals surface area contributed by atoms with Crippen molar-refractivity contribution in [3.05, 3.63) is 54.1 Å². The Kier molecular flexibility index (Phi) is 7.04. The number of benzene rings is 2. The van der Waals surface area contributed by atoms with Crippen molar-refractivity contribution in [2.45, 2.75) is 33.2 Å². The van der Waals surface area contributed by atoms with Crippen LogP contribution in [0.25, 0.3) is 0 Å². The van der Waals surface area contributed by atoms with Gasteiger partial charge in [-0.25, -0.2) is 0 Å². The van der Waals surface area contributed by atoms with E-state index in [0.717, 1.165) is 5.75 Å². The van der Waals surface area contributed by atoms with Crippen LogP contribution in [0.1, 0.15) is 26.3 Å². The fourth-order valence-corrected chi connectivity index (χ4v) is 2.36. The number of likely N-dealkylation sites (N-methyl/N-ethyl adjacent to an activating group) is 1. The average Bonchev–Trinajstić information content (AvgIpc) is 2.61. The van der Waals surface area contributed by atoms with Gasteiger partial charge in [-0.05, 0) is 64.1 Å². The zero-order valence-corrected chi connectivity index (χ0v) is 17.1. The van der Waals surface area contributed by atoms with Crippen LogP contribution in [0.2, 0.25) is 0 Å². The van der Waals surface area contributed by atoms with E-state index in [4.69, 9.17) is 9.47 Å². The summed E-state index contributed by atoms with van der Waals surface area (Å²) in [4.78, 5) is 25.4. The van der Waals surface area contributed by atoms with Gasteiger partial charge in [0.05, 0.1) is 6.54 Å². The molecular formula is C22H28N2O4. The van der Waals surface area contributed by atoms with Crippen molar-refractivity contribution in [3.63, 3.8) is 0 Å². The molecule has 0 bridgehead atoms. The quantitative estimate of drug-likeness (QED) is 0.793. The molecule has 0 aliphatic heterocycles. The number of hydrogen-bond donors (Lipinski definition) is 1. The maximum atomic E-state index is 12.1. The van der Waals surface area contributed by atoms with E-state index in [2.05, 4.69) is 5.32 Å². The number of aryl methyl sites for hydroxylation is 1. The Morgan fingerprint density at radius 3 is 1.96 bits per heavy atom. The highest BCUT2D eigenvalue weighted by Gasteiger charge is 2.18. The summed E-state index contributed by atoms with van der Waals surface area (Å²) in [6.45, 7) is 7.54. The SMILES string of the molecule is Cc1ccc(Oc2ccc(OCC(=O)N(C)CC(=O)NC(C)(C)C)cc2)cc1. The minimum Gasteiger partial charge on any atom is -0.484 e. The second-order valence-corrected chi connectivity index (χ2v) is 7.72. The van der Waals surface area contributed by atoms with Crippen LogP contribution in [0.4, 0.5) is 0 Å². The van der Waals surface area contributed by atoms with Crippen LogP contribution >= 0.6 is 0 Å². The molecule has 1 N–H and O–H groups in total. The van der Waals surface area contributed by atoms with Crippen LogP contribution in [0.5, 0.6) is 17.2 Å². The lowest BCUT2D eigenvalue weighted by Crippen LogP contribution is -2.47. The highest BCUT2D eigenvalue weighted by Crippen LogP contribution is 2.24. The number of hydrogen-bond acceptors (Lipinski definition) is 4. The smallest absolute Gasteiger partial charge is 0.260 e. The molecular weight excluding hydrogens is 356 g/mol. The molecule has 0 unspecified atom stereocenters. The van der Waals surface area contributed by atoms with Crippen LogP contribution in [0.3, 0.4) is 0 Å². The molecule has 2 aromatic carbocycles. The second-order valence-electron chi connectivity index (χ2n) is 7.72. The number of nitrogens with zero attached hydrogens (tertiary/aromatic N) is 1. The van der Waals surface area contributed by atoms with Crippen LogP contribution < -0.4 is 14.8 Å². The van der Waals surface area contributed by atoms with Crippen molar-refractivity contribution in [1.82, 2.24) is 10.2 Å². The first-order chi connectivity index (χ1) is 13.1. The predicted octanol–water partition coefficient (Wildman–Crippen LogP) is 3.54. The summed E-state index contributed by atoms with van der Waals surface area (Å²) in [7, 11) is 1.58. The van der Waals surface area contributed by atoms with Gasteiger partial charge in [0, 0.05) is 12.6 Å². The average molecular weight is 384 g/mol. The van der Waals surface area contributed by atoms with Gasteiger partial charge >= 0.3 is 0 Å². The molecule has 28 heavy (non-hydrogen) atoms. The van der Waals surface area contributed by atoms with Gasteiger partial charge in [0.2, 0.25) is 5.91 Å². The molecule has 150 valence electrons. The summed E-state index contributed by atoms with van der Waals surface area (Å²) in [5, 5.41) is 2.82. The van der Waals surface area contributed by atoms with Crippen molar-refractivity contribution in [2.24, 2.45) is 0 Å².